The number of nitrogens with one attached hydrogen (secondary N) is 1. The molecule has 162 valence electrons. The molecule has 0 spiro atoms. The third-order valence-electron chi connectivity index (χ3n) is 5.43. The van der Waals surface area contributed by atoms with Crippen LogP contribution < -0.4 is 5.32 Å². The van der Waals surface area contributed by atoms with Gasteiger partial charge in [0.25, 0.3) is 5.91 Å². The third-order valence-corrected chi connectivity index (χ3v) is 7.31. The Morgan fingerprint density at radius 2 is 1.80 bits per heavy atom. The van der Waals surface area contributed by atoms with E-state index in [-0.39, 0.29) is 16.8 Å². The predicted molar refractivity (Wildman–Crippen MR) is 119 cm³/mol. The lowest BCUT2D eigenvalue weighted by Gasteiger charge is -2.30. The fourth-order valence-corrected chi connectivity index (χ4v) is 5.42. The van der Waals surface area contributed by atoms with E-state index in [1.807, 2.05) is 49.3 Å². The van der Waals surface area contributed by atoms with E-state index in [4.69, 9.17) is 0 Å². The SMILES string of the molecule is C[C@H]1CCCN(S(=O)(=O)c2ccc(C(=O)N[C@@H](CN(C)C)c3ccccc3)cc2)C1. The summed E-state index contributed by atoms with van der Waals surface area (Å²) in [6.45, 7) is 3.84. The topological polar surface area (TPSA) is 69.7 Å². The predicted octanol–water partition coefficient (Wildman–Crippen LogP) is 3.14. The van der Waals surface area contributed by atoms with Gasteiger partial charge in [0.2, 0.25) is 10.0 Å². The summed E-state index contributed by atoms with van der Waals surface area (Å²) in [5, 5.41) is 3.07. The van der Waals surface area contributed by atoms with Gasteiger partial charge in [-0.2, -0.15) is 4.31 Å². The molecule has 1 N–H and O–H groups in total. The Bertz CT molecular complexity index is 943. The number of nitrogens with zero attached hydrogens (tertiary/aromatic N) is 2. The van der Waals surface area contributed by atoms with E-state index in [1.165, 1.54) is 12.1 Å². The highest BCUT2D eigenvalue weighted by atomic mass is 32.2. The lowest BCUT2D eigenvalue weighted by atomic mass is 10.0. The molecule has 3 rings (SSSR count). The minimum absolute atomic E-state index is 0.160. The van der Waals surface area contributed by atoms with Crippen LogP contribution in [-0.2, 0) is 10.0 Å². The Morgan fingerprint density at radius 3 is 2.40 bits per heavy atom. The van der Waals surface area contributed by atoms with Crippen LogP contribution in [0.2, 0.25) is 0 Å². The fraction of sp³-hybridized carbons (Fsp3) is 0.435. The van der Waals surface area contributed by atoms with Crippen LogP contribution in [0.15, 0.2) is 59.5 Å². The summed E-state index contributed by atoms with van der Waals surface area (Å²) in [6.07, 6.45) is 1.94. The standard InChI is InChI=1S/C23H31N3O3S/c1-18-8-7-15-26(16-18)30(28,29)21-13-11-20(12-14-21)23(27)24-22(17-25(2)3)19-9-5-4-6-10-19/h4-6,9-14,18,22H,7-8,15-17H2,1-3H3,(H,24,27)/t18-,22-/m0/s1. The lowest BCUT2D eigenvalue weighted by molar-refractivity contribution is 0.0930. The fourth-order valence-electron chi connectivity index (χ4n) is 3.82. The molecule has 2 atom stereocenters. The first-order chi connectivity index (χ1) is 14.3. The summed E-state index contributed by atoms with van der Waals surface area (Å²) < 4.78 is 27.4. The second kappa shape index (κ2) is 9.73. The number of sulfonamides is 1. The van der Waals surface area contributed by atoms with Crippen molar-refractivity contribution in [3.63, 3.8) is 0 Å². The number of carbonyl (C=O) groups is 1. The van der Waals surface area contributed by atoms with Gasteiger partial charge in [-0.05, 0) is 62.7 Å². The summed E-state index contributed by atoms with van der Waals surface area (Å²) in [4.78, 5) is 15.1. The summed E-state index contributed by atoms with van der Waals surface area (Å²) in [7, 11) is 0.399. The number of carbonyl (C=O) groups excluding carboxylic acids is 1. The van der Waals surface area contributed by atoms with Crippen molar-refractivity contribution >= 4 is 15.9 Å². The Hall–Kier alpha value is -2.22. The van der Waals surface area contributed by atoms with Crippen molar-refractivity contribution in [2.24, 2.45) is 5.92 Å². The molecule has 30 heavy (non-hydrogen) atoms. The summed E-state index contributed by atoms with van der Waals surface area (Å²) in [5.41, 5.74) is 1.47. The van der Waals surface area contributed by atoms with Gasteiger partial charge in [-0.15, -0.1) is 0 Å². The molecule has 0 aliphatic carbocycles. The molecule has 7 heteroatoms. The van der Waals surface area contributed by atoms with Crippen molar-refractivity contribution in [2.45, 2.75) is 30.7 Å². The lowest BCUT2D eigenvalue weighted by Crippen LogP contribution is -2.39. The largest absolute Gasteiger partial charge is 0.344 e. The van der Waals surface area contributed by atoms with Crippen molar-refractivity contribution in [1.82, 2.24) is 14.5 Å². The minimum Gasteiger partial charge on any atom is -0.344 e. The van der Waals surface area contributed by atoms with Gasteiger partial charge < -0.3 is 10.2 Å². The first-order valence-electron chi connectivity index (χ1n) is 10.4. The van der Waals surface area contributed by atoms with Crippen LogP contribution in [0.4, 0.5) is 0 Å². The van der Waals surface area contributed by atoms with E-state index in [0.717, 1.165) is 18.4 Å². The highest BCUT2D eigenvalue weighted by molar-refractivity contribution is 7.89. The van der Waals surface area contributed by atoms with Crippen LogP contribution in [0.5, 0.6) is 0 Å². The van der Waals surface area contributed by atoms with Crippen LogP contribution in [0.3, 0.4) is 0 Å². The van der Waals surface area contributed by atoms with Crippen molar-refractivity contribution in [2.75, 3.05) is 33.7 Å². The molecule has 1 heterocycles. The average molecular weight is 430 g/mol. The Morgan fingerprint density at radius 1 is 1.13 bits per heavy atom. The van der Waals surface area contributed by atoms with E-state index < -0.39 is 10.0 Å². The number of piperidine rings is 1. The third kappa shape index (κ3) is 5.47. The molecule has 2 aromatic carbocycles. The van der Waals surface area contributed by atoms with Gasteiger partial charge in [-0.1, -0.05) is 37.3 Å². The van der Waals surface area contributed by atoms with Gasteiger partial charge in [-0.25, -0.2) is 8.42 Å². The van der Waals surface area contributed by atoms with Crippen LogP contribution in [0.25, 0.3) is 0 Å². The van der Waals surface area contributed by atoms with Gasteiger partial charge in [0.1, 0.15) is 0 Å². The first kappa shape index (κ1) is 22.5. The Balaban J connectivity index is 1.74. The van der Waals surface area contributed by atoms with E-state index in [0.29, 0.717) is 31.1 Å². The molecule has 0 aromatic heterocycles. The molecular weight excluding hydrogens is 398 g/mol. The maximum Gasteiger partial charge on any atom is 0.251 e. The van der Waals surface area contributed by atoms with Crippen LogP contribution in [-0.4, -0.2) is 57.3 Å². The first-order valence-corrected chi connectivity index (χ1v) is 11.8. The van der Waals surface area contributed by atoms with Crippen molar-refractivity contribution < 1.29 is 13.2 Å². The number of hydrogen-bond donors (Lipinski definition) is 1. The van der Waals surface area contributed by atoms with E-state index in [2.05, 4.69) is 12.2 Å². The molecular formula is C23H31N3O3S. The zero-order valence-corrected chi connectivity index (χ0v) is 18.7. The zero-order valence-electron chi connectivity index (χ0n) is 17.9. The smallest absolute Gasteiger partial charge is 0.251 e. The number of benzene rings is 2. The van der Waals surface area contributed by atoms with Gasteiger partial charge in [-0.3, -0.25) is 4.79 Å². The second-order valence-electron chi connectivity index (χ2n) is 8.33. The Kier molecular flexibility index (Phi) is 7.28. The average Bonchev–Trinajstić information content (AvgIpc) is 2.73. The summed E-state index contributed by atoms with van der Waals surface area (Å²) >= 11 is 0. The minimum atomic E-state index is -3.52. The highest BCUT2D eigenvalue weighted by Gasteiger charge is 2.28. The van der Waals surface area contributed by atoms with E-state index in [9.17, 15) is 13.2 Å². The number of hydrogen-bond acceptors (Lipinski definition) is 4. The zero-order chi connectivity index (χ0) is 21.7. The Labute approximate surface area is 179 Å². The molecule has 0 unspecified atom stereocenters. The van der Waals surface area contributed by atoms with Crippen LogP contribution >= 0.6 is 0 Å². The summed E-state index contributed by atoms with van der Waals surface area (Å²) in [6, 6.07) is 15.9. The maximum absolute atomic E-state index is 12.9. The van der Waals surface area contributed by atoms with E-state index in [1.54, 1.807) is 16.4 Å². The number of rotatable bonds is 7. The molecule has 6 nitrogen and oxygen atoms in total. The van der Waals surface area contributed by atoms with Gasteiger partial charge in [0, 0.05) is 25.2 Å². The molecule has 1 amide bonds. The molecule has 1 aliphatic rings. The quantitative estimate of drug-likeness (QED) is 0.734. The molecule has 1 aliphatic heterocycles. The molecule has 1 saturated heterocycles. The van der Waals surface area contributed by atoms with Crippen molar-refractivity contribution in [3.8, 4) is 0 Å². The number of likely N-dealkylation sites (N-methyl/N-ethyl adjacent to an activating group) is 1. The van der Waals surface area contributed by atoms with Crippen LogP contribution in [0.1, 0.15) is 41.7 Å². The second-order valence-corrected chi connectivity index (χ2v) is 10.3. The highest BCUT2D eigenvalue weighted by Crippen LogP contribution is 2.24. The summed E-state index contributed by atoms with van der Waals surface area (Å²) in [5.74, 6) is 0.145. The van der Waals surface area contributed by atoms with Crippen molar-refractivity contribution in [1.29, 1.82) is 0 Å². The molecule has 2 aromatic rings. The van der Waals surface area contributed by atoms with E-state index >= 15 is 0 Å². The van der Waals surface area contributed by atoms with Crippen molar-refractivity contribution in [3.05, 3.63) is 65.7 Å². The number of amides is 1. The molecule has 0 saturated carbocycles. The normalized spacial score (nSPS) is 18.9. The molecule has 0 bridgehead atoms. The molecule has 0 radical (unpaired) electrons. The van der Waals surface area contributed by atoms with Crippen LogP contribution in [0, 0.1) is 5.92 Å². The van der Waals surface area contributed by atoms with Gasteiger partial charge in [0.15, 0.2) is 0 Å². The van der Waals surface area contributed by atoms with Gasteiger partial charge >= 0.3 is 0 Å². The molecule has 1 fully saturated rings. The monoisotopic (exact) mass is 429 g/mol. The maximum atomic E-state index is 12.9. The van der Waals surface area contributed by atoms with Gasteiger partial charge in [0.05, 0.1) is 10.9 Å².